The third-order valence-corrected chi connectivity index (χ3v) is 8.33. The number of sulfonamides is 1. The molecule has 3 aromatic rings. The van der Waals surface area contributed by atoms with E-state index in [1.807, 2.05) is 32.0 Å². The van der Waals surface area contributed by atoms with E-state index in [0.717, 1.165) is 24.0 Å². The van der Waals surface area contributed by atoms with Crippen LogP contribution in [-0.4, -0.2) is 42.8 Å². The van der Waals surface area contributed by atoms with Gasteiger partial charge in [-0.25, -0.2) is 13.4 Å². The smallest absolute Gasteiger partial charge is 0.257 e. The number of hydrogen-bond donors (Lipinski definition) is 1. The molecule has 2 heterocycles. The number of amides is 1. The molecule has 0 saturated carbocycles. The van der Waals surface area contributed by atoms with Crippen LogP contribution in [0.1, 0.15) is 43.5 Å². The molecular formula is C22H25N3O4S2. The molecule has 0 unspecified atom stereocenters. The lowest BCUT2D eigenvalue weighted by Gasteiger charge is -2.32. The molecule has 1 aliphatic heterocycles. The first-order valence-electron chi connectivity index (χ1n) is 10.4. The fourth-order valence-corrected chi connectivity index (χ4v) is 6.34. The molecule has 2 aromatic carbocycles. The number of carbonyl (C=O) groups is 1. The third-order valence-electron chi connectivity index (χ3n) is 5.37. The molecular weight excluding hydrogens is 434 g/mol. The van der Waals surface area contributed by atoms with Gasteiger partial charge in [-0.1, -0.05) is 23.8 Å². The van der Waals surface area contributed by atoms with Gasteiger partial charge in [0.2, 0.25) is 10.0 Å². The van der Waals surface area contributed by atoms with Crippen molar-refractivity contribution in [2.45, 2.75) is 44.0 Å². The van der Waals surface area contributed by atoms with Crippen molar-refractivity contribution < 1.29 is 17.9 Å². The number of hydrogen-bond acceptors (Lipinski definition) is 6. The predicted molar refractivity (Wildman–Crippen MR) is 122 cm³/mol. The quantitative estimate of drug-likeness (QED) is 0.586. The number of piperidine rings is 1. The Balaban J connectivity index is 1.51. The molecule has 164 valence electrons. The fraction of sp³-hybridized carbons (Fsp3) is 0.364. The summed E-state index contributed by atoms with van der Waals surface area (Å²) in [4.78, 5) is 17.4. The van der Waals surface area contributed by atoms with Gasteiger partial charge in [0.1, 0.15) is 11.3 Å². The Bertz CT molecular complexity index is 1190. The van der Waals surface area contributed by atoms with Gasteiger partial charge in [0.25, 0.3) is 5.91 Å². The number of benzene rings is 2. The normalized spacial score (nSPS) is 17.5. The Morgan fingerprint density at radius 1 is 1.23 bits per heavy atom. The molecule has 9 heteroatoms. The highest BCUT2D eigenvalue weighted by molar-refractivity contribution is 7.89. The zero-order valence-electron chi connectivity index (χ0n) is 17.5. The van der Waals surface area contributed by atoms with Crippen LogP contribution < -0.4 is 10.1 Å². The van der Waals surface area contributed by atoms with E-state index in [0.29, 0.717) is 35.1 Å². The fourth-order valence-electron chi connectivity index (χ4n) is 3.76. The average Bonchev–Trinajstić information content (AvgIpc) is 3.17. The van der Waals surface area contributed by atoms with E-state index in [1.165, 1.54) is 35.6 Å². The van der Waals surface area contributed by atoms with Gasteiger partial charge in [-0.2, -0.15) is 4.31 Å². The second kappa shape index (κ2) is 8.94. The van der Waals surface area contributed by atoms with E-state index in [1.54, 1.807) is 4.31 Å². The van der Waals surface area contributed by atoms with Crippen molar-refractivity contribution in [3.63, 3.8) is 0 Å². The molecule has 1 aliphatic rings. The van der Waals surface area contributed by atoms with Gasteiger partial charge in [0, 0.05) is 18.2 Å². The van der Waals surface area contributed by atoms with Crippen molar-refractivity contribution >= 4 is 42.6 Å². The summed E-state index contributed by atoms with van der Waals surface area (Å²) in [6.45, 7) is 4.91. The monoisotopic (exact) mass is 459 g/mol. The largest absolute Gasteiger partial charge is 0.492 e. The van der Waals surface area contributed by atoms with Gasteiger partial charge < -0.3 is 4.74 Å². The number of rotatable bonds is 6. The van der Waals surface area contributed by atoms with Crippen molar-refractivity contribution in [2.24, 2.45) is 0 Å². The van der Waals surface area contributed by atoms with Crippen molar-refractivity contribution in [1.29, 1.82) is 0 Å². The van der Waals surface area contributed by atoms with Gasteiger partial charge in [0.15, 0.2) is 5.13 Å². The van der Waals surface area contributed by atoms with Gasteiger partial charge in [-0.3, -0.25) is 10.1 Å². The second-order valence-corrected chi connectivity index (χ2v) is 10.4. The Morgan fingerprint density at radius 3 is 2.71 bits per heavy atom. The van der Waals surface area contributed by atoms with E-state index < -0.39 is 10.0 Å². The van der Waals surface area contributed by atoms with E-state index in [-0.39, 0.29) is 16.8 Å². The maximum absolute atomic E-state index is 13.0. The Labute approximate surface area is 186 Å². The minimum absolute atomic E-state index is 0.0117. The molecule has 1 fully saturated rings. The summed E-state index contributed by atoms with van der Waals surface area (Å²) >= 11 is 1.36. The topological polar surface area (TPSA) is 88.6 Å². The predicted octanol–water partition coefficient (Wildman–Crippen LogP) is 4.51. The number of fused-ring (bicyclic) bond motifs is 1. The number of nitrogens with one attached hydrogen (secondary N) is 1. The maximum atomic E-state index is 13.0. The number of thiazole rings is 1. The van der Waals surface area contributed by atoms with Crippen LogP contribution >= 0.6 is 11.3 Å². The number of nitrogens with zero attached hydrogens (tertiary/aromatic N) is 2. The molecule has 0 spiro atoms. The third kappa shape index (κ3) is 4.44. The van der Waals surface area contributed by atoms with Crippen LogP contribution in [0.3, 0.4) is 0 Å². The molecule has 7 nitrogen and oxygen atoms in total. The SMILES string of the molecule is CCOc1cccc2sc(NC(=O)c3ccc(S(=O)(=O)N4CCCC[C@H]4C)cc3)nc12. The van der Waals surface area contributed by atoms with Crippen LogP contribution in [0.2, 0.25) is 0 Å². The molecule has 0 bridgehead atoms. The van der Waals surface area contributed by atoms with E-state index in [9.17, 15) is 13.2 Å². The number of carbonyl (C=O) groups excluding carboxylic acids is 1. The lowest BCUT2D eigenvalue weighted by Crippen LogP contribution is -2.41. The molecule has 1 N–H and O–H groups in total. The molecule has 1 amide bonds. The van der Waals surface area contributed by atoms with Gasteiger partial charge >= 0.3 is 0 Å². The molecule has 1 saturated heterocycles. The van der Waals surface area contributed by atoms with Crippen molar-refractivity contribution in [2.75, 3.05) is 18.5 Å². The Morgan fingerprint density at radius 2 is 2.00 bits per heavy atom. The summed E-state index contributed by atoms with van der Waals surface area (Å²) in [5.74, 6) is 0.338. The van der Waals surface area contributed by atoms with Crippen LogP contribution in [0.15, 0.2) is 47.4 Å². The van der Waals surface area contributed by atoms with Gasteiger partial charge in [-0.05, 0) is 63.1 Å². The summed E-state index contributed by atoms with van der Waals surface area (Å²) in [6.07, 6.45) is 2.79. The van der Waals surface area contributed by atoms with Crippen molar-refractivity contribution in [1.82, 2.24) is 9.29 Å². The number of aromatic nitrogens is 1. The standard InChI is InChI=1S/C22H25N3O4S2/c1-3-29-18-8-6-9-19-20(18)23-22(30-19)24-21(26)16-10-12-17(13-11-16)31(27,28)25-14-5-4-7-15(25)2/h6,8-13,15H,3-5,7,14H2,1-2H3,(H,23,24,26)/t15-/m1/s1. The van der Waals surface area contributed by atoms with Crippen molar-refractivity contribution in [3.05, 3.63) is 48.0 Å². The second-order valence-electron chi connectivity index (χ2n) is 7.49. The Kier molecular flexibility index (Phi) is 6.27. The summed E-state index contributed by atoms with van der Waals surface area (Å²) in [5, 5.41) is 3.26. The van der Waals surface area contributed by atoms with E-state index in [4.69, 9.17) is 4.74 Å². The molecule has 0 aliphatic carbocycles. The molecule has 31 heavy (non-hydrogen) atoms. The van der Waals surface area contributed by atoms with Gasteiger partial charge in [0.05, 0.1) is 16.2 Å². The van der Waals surface area contributed by atoms with E-state index in [2.05, 4.69) is 10.3 Å². The zero-order chi connectivity index (χ0) is 22.0. The lowest BCUT2D eigenvalue weighted by atomic mass is 10.1. The summed E-state index contributed by atoms with van der Waals surface area (Å²) in [6, 6.07) is 11.7. The minimum Gasteiger partial charge on any atom is -0.492 e. The number of para-hydroxylation sites is 1. The van der Waals surface area contributed by atoms with E-state index >= 15 is 0 Å². The summed E-state index contributed by atoms with van der Waals surface area (Å²) < 4.78 is 34.0. The maximum Gasteiger partial charge on any atom is 0.257 e. The summed E-state index contributed by atoms with van der Waals surface area (Å²) in [7, 11) is -3.56. The van der Waals surface area contributed by atoms with Crippen LogP contribution in [0.25, 0.3) is 10.2 Å². The van der Waals surface area contributed by atoms with Crippen LogP contribution in [0.4, 0.5) is 5.13 Å². The number of ether oxygens (including phenoxy) is 1. The molecule has 0 radical (unpaired) electrons. The zero-order valence-corrected chi connectivity index (χ0v) is 19.1. The van der Waals surface area contributed by atoms with Crippen LogP contribution in [-0.2, 0) is 10.0 Å². The molecule has 1 aromatic heterocycles. The molecule has 1 atom stereocenters. The first kappa shape index (κ1) is 21.7. The van der Waals surface area contributed by atoms with Gasteiger partial charge in [-0.15, -0.1) is 0 Å². The minimum atomic E-state index is -3.56. The van der Waals surface area contributed by atoms with Crippen LogP contribution in [0.5, 0.6) is 5.75 Å². The highest BCUT2D eigenvalue weighted by atomic mass is 32.2. The first-order chi connectivity index (χ1) is 14.9. The Hall–Kier alpha value is -2.49. The highest BCUT2D eigenvalue weighted by Gasteiger charge is 2.31. The summed E-state index contributed by atoms with van der Waals surface area (Å²) in [5.41, 5.74) is 1.08. The lowest BCUT2D eigenvalue weighted by molar-refractivity contribution is 0.102. The van der Waals surface area contributed by atoms with Crippen molar-refractivity contribution in [3.8, 4) is 5.75 Å². The average molecular weight is 460 g/mol. The highest BCUT2D eigenvalue weighted by Crippen LogP contribution is 2.32. The van der Waals surface area contributed by atoms with Crippen LogP contribution in [0, 0.1) is 0 Å². The first-order valence-corrected chi connectivity index (χ1v) is 12.6. The molecule has 4 rings (SSSR count). The number of anilines is 1.